The van der Waals surface area contributed by atoms with Gasteiger partial charge in [0.1, 0.15) is 6.04 Å². The molecule has 0 aliphatic rings. The molecule has 0 aliphatic carbocycles. The van der Waals surface area contributed by atoms with Crippen molar-refractivity contribution in [3.63, 3.8) is 0 Å². The number of hydrogen-bond donors (Lipinski definition) is 3. The lowest BCUT2D eigenvalue weighted by Gasteiger charge is -2.21. The zero-order chi connectivity index (χ0) is 22.3. The quantitative estimate of drug-likeness (QED) is 0.578. The van der Waals surface area contributed by atoms with E-state index in [0.29, 0.717) is 12.0 Å². The van der Waals surface area contributed by atoms with Crippen LogP contribution in [-0.2, 0) is 27.2 Å². The summed E-state index contributed by atoms with van der Waals surface area (Å²) < 4.78 is 26.3. The van der Waals surface area contributed by atoms with E-state index in [4.69, 9.17) is 5.73 Å². The summed E-state index contributed by atoms with van der Waals surface area (Å²) in [5.74, 6) is -3.37. The molecule has 4 N–H and O–H groups in total. The van der Waals surface area contributed by atoms with Crippen molar-refractivity contribution >= 4 is 17.6 Å². The fourth-order valence-electron chi connectivity index (χ4n) is 2.84. The summed E-state index contributed by atoms with van der Waals surface area (Å²) in [6.07, 6.45) is 0.305. The smallest absolute Gasteiger partial charge is 0.242 e. The molecule has 2 rings (SSSR count). The summed E-state index contributed by atoms with van der Waals surface area (Å²) in [5.41, 5.74) is 7.07. The molecule has 30 heavy (non-hydrogen) atoms. The second-order valence-electron chi connectivity index (χ2n) is 7.15. The molecule has 0 bridgehead atoms. The maximum Gasteiger partial charge on any atom is 0.242 e. The van der Waals surface area contributed by atoms with Crippen molar-refractivity contribution in [1.29, 1.82) is 0 Å². The van der Waals surface area contributed by atoms with E-state index in [1.54, 1.807) is 0 Å². The van der Waals surface area contributed by atoms with Crippen LogP contribution in [0.3, 0.4) is 0 Å². The van der Waals surface area contributed by atoms with Gasteiger partial charge in [0.25, 0.3) is 0 Å². The van der Waals surface area contributed by atoms with Crippen molar-refractivity contribution in [2.24, 2.45) is 5.73 Å². The zero-order valence-corrected chi connectivity index (χ0v) is 16.8. The van der Waals surface area contributed by atoms with Crippen molar-refractivity contribution in [1.82, 2.24) is 10.6 Å². The Bertz CT molecular complexity index is 906. The second kappa shape index (κ2) is 10.6. The van der Waals surface area contributed by atoms with Crippen LogP contribution in [0.2, 0.25) is 0 Å². The number of amides is 2. The predicted octanol–water partition coefficient (Wildman–Crippen LogP) is 1.66. The van der Waals surface area contributed by atoms with Gasteiger partial charge in [0.2, 0.25) is 11.8 Å². The first-order valence-corrected chi connectivity index (χ1v) is 9.52. The van der Waals surface area contributed by atoms with Crippen LogP contribution in [0.4, 0.5) is 8.78 Å². The van der Waals surface area contributed by atoms with Gasteiger partial charge in [-0.1, -0.05) is 36.4 Å². The van der Waals surface area contributed by atoms with E-state index in [1.165, 1.54) is 19.9 Å². The zero-order valence-electron chi connectivity index (χ0n) is 16.8. The molecular weight excluding hydrogens is 392 g/mol. The molecule has 0 fully saturated rings. The molecule has 0 aromatic heterocycles. The highest BCUT2D eigenvalue weighted by atomic mass is 19.2. The van der Waals surface area contributed by atoms with Crippen LogP contribution in [0.25, 0.3) is 0 Å². The number of ketones is 1. The lowest BCUT2D eigenvalue weighted by Crippen LogP contribution is -2.53. The van der Waals surface area contributed by atoms with E-state index >= 15 is 0 Å². The van der Waals surface area contributed by atoms with Crippen LogP contribution < -0.4 is 16.4 Å². The van der Waals surface area contributed by atoms with Gasteiger partial charge in [-0.15, -0.1) is 0 Å². The Hall–Kier alpha value is -3.13. The van der Waals surface area contributed by atoms with E-state index in [0.717, 1.165) is 17.7 Å². The summed E-state index contributed by atoms with van der Waals surface area (Å²) in [7, 11) is 0. The van der Waals surface area contributed by atoms with Crippen LogP contribution in [0.5, 0.6) is 0 Å². The van der Waals surface area contributed by atoms with Gasteiger partial charge >= 0.3 is 0 Å². The lowest BCUT2D eigenvalue weighted by atomic mass is 10.0. The number of carbonyl (C=O) groups is 3. The fraction of sp³-hybridized carbons (Fsp3) is 0.318. The van der Waals surface area contributed by atoms with Gasteiger partial charge in [0.05, 0.1) is 12.1 Å². The van der Waals surface area contributed by atoms with E-state index in [2.05, 4.69) is 10.6 Å². The number of nitrogens with one attached hydrogen (secondary N) is 2. The highest BCUT2D eigenvalue weighted by Crippen LogP contribution is 2.10. The summed E-state index contributed by atoms with van der Waals surface area (Å²) in [5, 5.41) is 5.12. The van der Waals surface area contributed by atoms with Gasteiger partial charge < -0.3 is 16.4 Å². The number of hydrogen-bond acceptors (Lipinski definition) is 4. The molecule has 0 saturated carbocycles. The summed E-state index contributed by atoms with van der Waals surface area (Å²) in [6.45, 7) is 2.85. The maximum absolute atomic E-state index is 13.3. The second-order valence-corrected chi connectivity index (χ2v) is 7.15. The summed E-state index contributed by atoms with van der Waals surface area (Å²) in [6, 6.07) is 9.78. The molecule has 2 unspecified atom stereocenters. The first kappa shape index (κ1) is 23.2. The average molecular weight is 417 g/mol. The average Bonchev–Trinajstić information content (AvgIpc) is 2.70. The van der Waals surface area contributed by atoms with Gasteiger partial charge in [-0.25, -0.2) is 8.78 Å². The first-order chi connectivity index (χ1) is 14.2. The minimum absolute atomic E-state index is 0.0263. The van der Waals surface area contributed by atoms with E-state index < -0.39 is 41.6 Å². The van der Waals surface area contributed by atoms with E-state index in [1.807, 2.05) is 30.3 Å². The normalized spacial score (nSPS) is 13.8. The first-order valence-electron chi connectivity index (χ1n) is 9.52. The molecular formula is C22H25F2N3O3. The van der Waals surface area contributed by atoms with E-state index in [9.17, 15) is 23.2 Å². The third-order valence-corrected chi connectivity index (χ3v) is 4.62. The lowest BCUT2D eigenvalue weighted by molar-refractivity contribution is -0.131. The summed E-state index contributed by atoms with van der Waals surface area (Å²) in [4.78, 5) is 36.6. The van der Waals surface area contributed by atoms with Crippen molar-refractivity contribution in [3.8, 4) is 0 Å². The Balaban J connectivity index is 1.91. The molecule has 160 valence electrons. The van der Waals surface area contributed by atoms with Gasteiger partial charge in [-0.3, -0.25) is 14.4 Å². The van der Waals surface area contributed by atoms with Crippen molar-refractivity contribution in [2.45, 2.75) is 44.8 Å². The standard InChI is InChI=1S/C22H25F2N3O3/c1-13(21(29)27-20(14(2)28)12-15-6-4-3-5-7-15)26-22(30)19(25)11-16-8-9-17(23)18(24)10-16/h3-10,13,19-20H,11-12,25H2,1-2H3,(H,26,30)(H,27,29)/t13-,19?,20?/m1/s1. The highest BCUT2D eigenvalue weighted by Gasteiger charge is 2.24. The molecule has 2 amide bonds. The minimum Gasteiger partial charge on any atom is -0.344 e. The van der Waals surface area contributed by atoms with Gasteiger partial charge in [-0.05, 0) is 49.9 Å². The molecule has 8 heteroatoms. The molecule has 0 aliphatic heterocycles. The van der Waals surface area contributed by atoms with Crippen LogP contribution in [0.1, 0.15) is 25.0 Å². The number of Topliss-reactive ketones (excluding diaryl/α,β-unsaturated/α-hetero) is 1. The molecule has 0 spiro atoms. The SMILES string of the molecule is CC(=O)C(Cc1ccccc1)NC(=O)[C@@H](C)NC(=O)C(N)Cc1ccc(F)c(F)c1. The van der Waals surface area contributed by atoms with Crippen LogP contribution in [0, 0.1) is 11.6 Å². The van der Waals surface area contributed by atoms with Gasteiger partial charge in [0, 0.05) is 0 Å². The van der Waals surface area contributed by atoms with Crippen molar-refractivity contribution in [2.75, 3.05) is 0 Å². The van der Waals surface area contributed by atoms with Gasteiger partial charge in [0.15, 0.2) is 17.4 Å². The largest absolute Gasteiger partial charge is 0.344 e. The van der Waals surface area contributed by atoms with E-state index in [-0.39, 0.29) is 12.2 Å². The Labute approximate surface area is 173 Å². The Kier molecular flexibility index (Phi) is 8.17. The minimum atomic E-state index is -1.06. The Morgan fingerprint density at radius 2 is 1.57 bits per heavy atom. The van der Waals surface area contributed by atoms with Crippen molar-refractivity contribution in [3.05, 3.63) is 71.3 Å². The summed E-state index contributed by atoms with van der Waals surface area (Å²) >= 11 is 0. The number of rotatable bonds is 9. The Morgan fingerprint density at radius 3 is 2.17 bits per heavy atom. The third kappa shape index (κ3) is 6.73. The molecule has 6 nitrogen and oxygen atoms in total. The molecule has 0 heterocycles. The molecule has 0 saturated heterocycles. The van der Waals surface area contributed by atoms with Crippen LogP contribution in [0.15, 0.2) is 48.5 Å². The topological polar surface area (TPSA) is 101 Å². The van der Waals surface area contributed by atoms with Gasteiger partial charge in [-0.2, -0.15) is 0 Å². The monoisotopic (exact) mass is 417 g/mol. The molecule has 2 aromatic rings. The molecule has 3 atom stereocenters. The molecule has 0 radical (unpaired) electrons. The Morgan fingerprint density at radius 1 is 0.900 bits per heavy atom. The fourth-order valence-corrected chi connectivity index (χ4v) is 2.84. The number of carbonyl (C=O) groups excluding carboxylic acids is 3. The van der Waals surface area contributed by atoms with Crippen molar-refractivity contribution < 1.29 is 23.2 Å². The molecule has 2 aromatic carbocycles. The number of benzene rings is 2. The number of halogens is 2. The highest BCUT2D eigenvalue weighted by molar-refractivity contribution is 5.92. The van der Waals surface area contributed by atoms with Crippen LogP contribution in [-0.4, -0.2) is 35.7 Å². The third-order valence-electron chi connectivity index (χ3n) is 4.62. The number of nitrogens with two attached hydrogens (primary N) is 1. The predicted molar refractivity (Wildman–Crippen MR) is 108 cm³/mol. The van der Waals surface area contributed by atoms with Crippen LogP contribution >= 0.6 is 0 Å². The maximum atomic E-state index is 13.3.